The zero-order chi connectivity index (χ0) is 11.7. The molecular weight excluding hydrogens is 222 g/mol. The first-order chi connectivity index (χ1) is 7.58. The Hall–Kier alpha value is -1.75. The molecule has 1 heterocycles. The monoisotopic (exact) mass is 233 g/mol. The average Bonchev–Trinajstić information content (AvgIpc) is 2.22. The minimum absolute atomic E-state index is 0.234. The summed E-state index contributed by atoms with van der Waals surface area (Å²) in [6, 6.07) is 5.77. The SMILES string of the molecule is Cc1ccc(-c2n[nH]c(=S)[nH]c2=O)cc1C. The molecule has 0 fully saturated rings. The van der Waals surface area contributed by atoms with Gasteiger partial charge >= 0.3 is 0 Å². The van der Waals surface area contributed by atoms with Gasteiger partial charge in [-0.15, -0.1) is 0 Å². The summed E-state index contributed by atoms with van der Waals surface area (Å²) in [5, 5.41) is 6.53. The van der Waals surface area contributed by atoms with Crippen molar-refractivity contribution in [2.75, 3.05) is 0 Å². The molecule has 0 atom stereocenters. The Labute approximate surface area is 97.4 Å². The van der Waals surface area contributed by atoms with Gasteiger partial charge in [0, 0.05) is 5.56 Å². The van der Waals surface area contributed by atoms with Gasteiger partial charge in [-0.3, -0.25) is 14.9 Å². The lowest BCUT2D eigenvalue weighted by Crippen LogP contribution is -2.12. The largest absolute Gasteiger partial charge is 0.296 e. The summed E-state index contributed by atoms with van der Waals surface area (Å²) < 4.78 is 0.234. The maximum absolute atomic E-state index is 11.6. The molecule has 82 valence electrons. The number of nitrogens with one attached hydrogen (secondary N) is 2. The first-order valence-corrected chi connectivity index (χ1v) is 5.25. The van der Waals surface area contributed by atoms with E-state index in [9.17, 15) is 4.79 Å². The summed E-state index contributed by atoms with van der Waals surface area (Å²) in [4.78, 5) is 14.1. The third-order valence-corrected chi connectivity index (χ3v) is 2.69. The van der Waals surface area contributed by atoms with Crippen LogP contribution in [0.2, 0.25) is 0 Å². The van der Waals surface area contributed by atoms with Crippen LogP contribution >= 0.6 is 12.2 Å². The molecule has 4 nitrogen and oxygen atoms in total. The zero-order valence-electron chi connectivity index (χ0n) is 9.00. The van der Waals surface area contributed by atoms with Crippen LogP contribution in [0.5, 0.6) is 0 Å². The minimum Gasteiger partial charge on any atom is -0.296 e. The molecule has 0 saturated heterocycles. The zero-order valence-corrected chi connectivity index (χ0v) is 9.81. The van der Waals surface area contributed by atoms with Crippen molar-refractivity contribution in [3.8, 4) is 11.3 Å². The molecule has 0 amide bonds. The highest BCUT2D eigenvalue weighted by molar-refractivity contribution is 7.71. The Kier molecular flexibility index (Phi) is 2.70. The van der Waals surface area contributed by atoms with E-state index in [-0.39, 0.29) is 10.3 Å². The lowest BCUT2D eigenvalue weighted by Gasteiger charge is -2.03. The Morgan fingerprint density at radius 1 is 1.25 bits per heavy atom. The molecule has 0 aliphatic heterocycles. The van der Waals surface area contributed by atoms with Gasteiger partial charge in [0.25, 0.3) is 5.56 Å². The Morgan fingerprint density at radius 3 is 2.62 bits per heavy atom. The first kappa shape index (κ1) is 10.8. The van der Waals surface area contributed by atoms with Crippen LogP contribution < -0.4 is 5.56 Å². The van der Waals surface area contributed by atoms with Crippen LogP contribution in [0.15, 0.2) is 23.0 Å². The van der Waals surface area contributed by atoms with E-state index in [0.717, 1.165) is 11.1 Å². The molecule has 1 aromatic heterocycles. The maximum atomic E-state index is 11.6. The van der Waals surface area contributed by atoms with Crippen molar-refractivity contribution in [2.45, 2.75) is 13.8 Å². The Balaban J connectivity index is 2.63. The molecule has 0 aliphatic carbocycles. The molecule has 2 aromatic rings. The highest BCUT2D eigenvalue weighted by Gasteiger charge is 2.05. The molecule has 0 aliphatic rings. The molecule has 5 heteroatoms. The summed E-state index contributed by atoms with van der Waals surface area (Å²) in [5.74, 6) is 0. The topological polar surface area (TPSA) is 61.5 Å². The lowest BCUT2D eigenvalue weighted by atomic mass is 10.0. The van der Waals surface area contributed by atoms with Crippen LogP contribution in [0.4, 0.5) is 0 Å². The highest BCUT2D eigenvalue weighted by atomic mass is 32.1. The number of aromatic nitrogens is 3. The fourth-order valence-electron chi connectivity index (χ4n) is 1.43. The first-order valence-electron chi connectivity index (χ1n) is 4.84. The summed E-state index contributed by atoms with van der Waals surface area (Å²) >= 11 is 4.78. The summed E-state index contributed by atoms with van der Waals surface area (Å²) in [5.41, 5.74) is 3.18. The van der Waals surface area contributed by atoms with Crippen molar-refractivity contribution in [3.63, 3.8) is 0 Å². The predicted molar refractivity (Wildman–Crippen MR) is 65.0 cm³/mol. The quantitative estimate of drug-likeness (QED) is 0.741. The van der Waals surface area contributed by atoms with E-state index in [0.29, 0.717) is 5.69 Å². The van der Waals surface area contributed by atoms with Crippen molar-refractivity contribution >= 4 is 12.2 Å². The van der Waals surface area contributed by atoms with Crippen LogP contribution in [-0.2, 0) is 0 Å². The van der Waals surface area contributed by atoms with Crippen molar-refractivity contribution in [1.82, 2.24) is 15.2 Å². The molecule has 0 unspecified atom stereocenters. The van der Waals surface area contributed by atoms with E-state index in [1.54, 1.807) is 0 Å². The highest BCUT2D eigenvalue weighted by Crippen LogP contribution is 2.16. The number of aryl methyl sites for hydroxylation is 2. The summed E-state index contributed by atoms with van der Waals surface area (Å²) in [7, 11) is 0. The molecule has 16 heavy (non-hydrogen) atoms. The van der Waals surface area contributed by atoms with Crippen LogP contribution in [0.3, 0.4) is 0 Å². The normalized spacial score (nSPS) is 10.4. The van der Waals surface area contributed by atoms with E-state index >= 15 is 0 Å². The second-order valence-electron chi connectivity index (χ2n) is 3.65. The van der Waals surface area contributed by atoms with Crippen LogP contribution in [0.1, 0.15) is 11.1 Å². The molecule has 2 rings (SSSR count). The standard InChI is InChI=1S/C11H11N3OS/c1-6-3-4-8(5-7(6)2)9-10(15)12-11(16)14-13-9/h3-5H,1-2H3,(H2,12,14,15,16). The smallest absolute Gasteiger partial charge is 0.278 e. The van der Waals surface area contributed by atoms with E-state index in [1.165, 1.54) is 5.56 Å². The average molecular weight is 233 g/mol. The maximum Gasteiger partial charge on any atom is 0.278 e. The molecule has 0 radical (unpaired) electrons. The number of hydrogen-bond donors (Lipinski definition) is 2. The summed E-state index contributed by atoms with van der Waals surface area (Å²) in [6.45, 7) is 4.02. The second-order valence-corrected chi connectivity index (χ2v) is 4.06. The predicted octanol–water partition coefficient (Wildman–Crippen LogP) is 2.11. The fraction of sp³-hybridized carbons (Fsp3) is 0.182. The number of hydrogen-bond acceptors (Lipinski definition) is 3. The third-order valence-electron chi connectivity index (χ3n) is 2.49. The van der Waals surface area contributed by atoms with E-state index in [1.807, 2.05) is 32.0 Å². The van der Waals surface area contributed by atoms with E-state index < -0.39 is 0 Å². The van der Waals surface area contributed by atoms with Crippen LogP contribution in [0, 0.1) is 18.6 Å². The second kappa shape index (κ2) is 4.02. The van der Waals surface area contributed by atoms with Gasteiger partial charge in [-0.1, -0.05) is 12.1 Å². The Morgan fingerprint density at radius 2 is 2.00 bits per heavy atom. The molecule has 0 saturated carbocycles. The molecular formula is C11H11N3OS. The van der Waals surface area contributed by atoms with Gasteiger partial charge in [0.05, 0.1) is 0 Å². The minimum atomic E-state index is -0.271. The van der Waals surface area contributed by atoms with Crippen LogP contribution in [0.25, 0.3) is 11.3 Å². The van der Waals surface area contributed by atoms with Crippen molar-refractivity contribution in [2.24, 2.45) is 0 Å². The van der Waals surface area contributed by atoms with Gasteiger partial charge in [0.15, 0.2) is 10.5 Å². The Bertz CT molecular complexity index is 642. The fourth-order valence-corrected chi connectivity index (χ4v) is 1.57. The van der Waals surface area contributed by atoms with Gasteiger partial charge in [0.1, 0.15) is 0 Å². The van der Waals surface area contributed by atoms with Crippen molar-refractivity contribution < 1.29 is 0 Å². The number of rotatable bonds is 1. The summed E-state index contributed by atoms with van der Waals surface area (Å²) in [6.07, 6.45) is 0. The van der Waals surface area contributed by atoms with Gasteiger partial charge in [0.2, 0.25) is 0 Å². The number of aromatic amines is 2. The molecule has 1 aromatic carbocycles. The van der Waals surface area contributed by atoms with Crippen LogP contribution in [-0.4, -0.2) is 15.2 Å². The van der Waals surface area contributed by atoms with E-state index in [4.69, 9.17) is 12.2 Å². The van der Waals surface area contributed by atoms with Crippen molar-refractivity contribution in [3.05, 3.63) is 44.5 Å². The van der Waals surface area contributed by atoms with Gasteiger partial charge in [-0.25, -0.2) is 0 Å². The van der Waals surface area contributed by atoms with Gasteiger partial charge in [-0.2, -0.15) is 5.10 Å². The number of H-pyrrole nitrogens is 2. The molecule has 0 bridgehead atoms. The lowest BCUT2D eigenvalue weighted by molar-refractivity contribution is 0.931. The van der Waals surface area contributed by atoms with Crippen molar-refractivity contribution in [1.29, 1.82) is 0 Å². The molecule has 0 spiro atoms. The third kappa shape index (κ3) is 1.94. The van der Waals surface area contributed by atoms with E-state index in [2.05, 4.69) is 15.2 Å². The number of nitrogens with zero attached hydrogens (tertiary/aromatic N) is 1. The molecule has 2 N–H and O–H groups in total. The van der Waals surface area contributed by atoms with Gasteiger partial charge in [-0.05, 0) is 43.3 Å². The van der Waals surface area contributed by atoms with Gasteiger partial charge < -0.3 is 0 Å². The number of benzene rings is 1.